The summed E-state index contributed by atoms with van der Waals surface area (Å²) in [5.41, 5.74) is 3.92. The van der Waals surface area contributed by atoms with Crippen LogP contribution in [0.25, 0.3) is 0 Å². The van der Waals surface area contributed by atoms with Crippen LogP contribution in [-0.2, 0) is 6.42 Å². The molecule has 1 aromatic rings. The van der Waals surface area contributed by atoms with E-state index in [1.165, 1.54) is 16.8 Å². The maximum atomic E-state index is 4.21. The second kappa shape index (κ2) is 5.76. The molecule has 0 aliphatic carbocycles. The van der Waals surface area contributed by atoms with E-state index in [1.54, 1.807) is 0 Å². The summed E-state index contributed by atoms with van der Waals surface area (Å²) in [6.07, 6.45) is 2.95. The molecule has 68 valence electrons. The molecule has 12 heavy (non-hydrogen) atoms. The monoisotopic (exact) mass is 165 g/mol. The van der Waals surface area contributed by atoms with Crippen molar-refractivity contribution in [2.24, 2.45) is 0 Å². The van der Waals surface area contributed by atoms with Gasteiger partial charge in [-0.2, -0.15) is 0 Å². The van der Waals surface area contributed by atoms with E-state index < -0.39 is 0 Å². The molecule has 0 unspecified atom stereocenters. The van der Waals surface area contributed by atoms with Gasteiger partial charge in [0.25, 0.3) is 0 Å². The van der Waals surface area contributed by atoms with E-state index in [-0.39, 0.29) is 0 Å². The summed E-state index contributed by atoms with van der Waals surface area (Å²) >= 11 is 0. The van der Waals surface area contributed by atoms with Crippen LogP contribution in [0, 0.1) is 13.8 Å². The van der Waals surface area contributed by atoms with Crippen LogP contribution in [0.2, 0.25) is 0 Å². The Bertz CT molecular complexity index is 208. The van der Waals surface area contributed by atoms with Crippen LogP contribution in [0.4, 0.5) is 0 Å². The summed E-state index contributed by atoms with van der Waals surface area (Å²) in [5.74, 6) is 0. The number of nitrogens with zero attached hydrogens (tertiary/aromatic N) is 1. The minimum atomic E-state index is 1.09. The van der Waals surface area contributed by atoms with Gasteiger partial charge in [-0.25, -0.2) is 0 Å². The van der Waals surface area contributed by atoms with Crippen LogP contribution in [0.5, 0.6) is 0 Å². The summed E-state index contributed by atoms with van der Waals surface area (Å²) < 4.78 is 0. The van der Waals surface area contributed by atoms with Crippen molar-refractivity contribution in [3.05, 3.63) is 29.1 Å². The second-order valence-corrected chi connectivity index (χ2v) is 2.55. The van der Waals surface area contributed by atoms with E-state index in [2.05, 4.69) is 31.8 Å². The summed E-state index contributed by atoms with van der Waals surface area (Å²) in [5, 5.41) is 0. The molecule has 0 fully saturated rings. The lowest BCUT2D eigenvalue weighted by molar-refractivity contribution is 1.02. The first kappa shape index (κ1) is 11.2. The molecule has 0 aliphatic rings. The minimum absolute atomic E-state index is 1.09. The fourth-order valence-corrected chi connectivity index (χ4v) is 1.26. The zero-order valence-corrected chi connectivity index (χ0v) is 8.81. The zero-order valence-electron chi connectivity index (χ0n) is 8.81. The molecule has 0 amide bonds. The molecule has 0 bridgehead atoms. The maximum absolute atomic E-state index is 4.21. The predicted octanol–water partition coefficient (Wildman–Crippen LogP) is 3.29. The Morgan fingerprint density at radius 3 is 2.17 bits per heavy atom. The van der Waals surface area contributed by atoms with E-state index in [9.17, 15) is 0 Å². The van der Waals surface area contributed by atoms with Crippen molar-refractivity contribution >= 4 is 0 Å². The molecule has 0 N–H and O–H groups in total. The molecule has 1 rings (SSSR count). The van der Waals surface area contributed by atoms with Gasteiger partial charge in [0.1, 0.15) is 0 Å². The molecular weight excluding hydrogens is 146 g/mol. The third-order valence-electron chi connectivity index (χ3n) is 1.86. The van der Waals surface area contributed by atoms with Crippen molar-refractivity contribution in [3.63, 3.8) is 0 Å². The fraction of sp³-hybridized carbons (Fsp3) is 0.545. The SMILES string of the molecule is CC.CCc1c(C)ccnc1C. The molecule has 0 saturated heterocycles. The van der Waals surface area contributed by atoms with Gasteiger partial charge in [-0.15, -0.1) is 0 Å². The largest absolute Gasteiger partial charge is 0.261 e. The van der Waals surface area contributed by atoms with E-state index >= 15 is 0 Å². The highest BCUT2D eigenvalue weighted by Crippen LogP contribution is 2.10. The van der Waals surface area contributed by atoms with Crippen LogP contribution in [0.3, 0.4) is 0 Å². The van der Waals surface area contributed by atoms with Gasteiger partial charge in [-0.05, 0) is 37.5 Å². The lowest BCUT2D eigenvalue weighted by atomic mass is 10.1. The molecule has 1 heteroatoms. The van der Waals surface area contributed by atoms with Gasteiger partial charge in [0.15, 0.2) is 0 Å². The van der Waals surface area contributed by atoms with Gasteiger partial charge in [-0.3, -0.25) is 4.98 Å². The van der Waals surface area contributed by atoms with Gasteiger partial charge in [0.2, 0.25) is 0 Å². The summed E-state index contributed by atoms with van der Waals surface area (Å²) in [7, 11) is 0. The molecular formula is C11H19N. The zero-order chi connectivity index (χ0) is 9.56. The van der Waals surface area contributed by atoms with Crippen molar-refractivity contribution < 1.29 is 0 Å². The Labute approximate surface area is 75.8 Å². The molecule has 0 aromatic carbocycles. The van der Waals surface area contributed by atoms with Gasteiger partial charge in [-0.1, -0.05) is 20.8 Å². The first-order chi connectivity index (χ1) is 5.75. The van der Waals surface area contributed by atoms with E-state index in [0.717, 1.165) is 6.42 Å². The highest BCUT2D eigenvalue weighted by molar-refractivity contribution is 5.27. The normalized spacial score (nSPS) is 8.75. The molecule has 1 nitrogen and oxygen atoms in total. The Morgan fingerprint density at radius 2 is 1.83 bits per heavy atom. The smallest absolute Gasteiger partial charge is 0.0407 e. The third-order valence-corrected chi connectivity index (χ3v) is 1.86. The molecule has 0 aliphatic heterocycles. The number of hydrogen-bond donors (Lipinski definition) is 0. The molecule has 0 spiro atoms. The van der Waals surface area contributed by atoms with Crippen molar-refractivity contribution in [2.45, 2.75) is 41.0 Å². The van der Waals surface area contributed by atoms with Gasteiger partial charge >= 0.3 is 0 Å². The van der Waals surface area contributed by atoms with Crippen LogP contribution < -0.4 is 0 Å². The first-order valence-corrected chi connectivity index (χ1v) is 4.66. The number of pyridine rings is 1. The van der Waals surface area contributed by atoms with Crippen LogP contribution >= 0.6 is 0 Å². The first-order valence-electron chi connectivity index (χ1n) is 4.66. The Kier molecular flexibility index (Phi) is 5.35. The Morgan fingerprint density at radius 1 is 1.25 bits per heavy atom. The second-order valence-electron chi connectivity index (χ2n) is 2.55. The minimum Gasteiger partial charge on any atom is -0.261 e. The van der Waals surface area contributed by atoms with Crippen LogP contribution in [0.15, 0.2) is 12.3 Å². The number of rotatable bonds is 1. The van der Waals surface area contributed by atoms with E-state index in [4.69, 9.17) is 0 Å². The lowest BCUT2D eigenvalue weighted by Gasteiger charge is -2.03. The lowest BCUT2D eigenvalue weighted by Crippen LogP contribution is -1.93. The van der Waals surface area contributed by atoms with E-state index in [0.29, 0.717) is 0 Å². The molecule has 1 heterocycles. The van der Waals surface area contributed by atoms with Gasteiger partial charge < -0.3 is 0 Å². The van der Waals surface area contributed by atoms with Gasteiger partial charge in [0.05, 0.1) is 0 Å². The number of hydrogen-bond acceptors (Lipinski definition) is 1. The molecule has 0 radical (unpaired) electrons. The van der Waals surface area contributed by atoms with Crippen molar-refractivity contribution in [2.75, 3.05) is 0 Å². The van der Waals surface area contributed by atoms with E-state index in [1.807, 2.05) is 20.0 Å². The summed E-state index contributed by atoms with van der Waals surface area (Å²) in [6.45, 7) is 10.4. The van der Waals surface area contributed by atoms with Crippen LogP contribution in [0.1, 0.15) is 37.6 Å². The fourth-order valence-electron chi connectivity index (χ4n) is 1.26. The number of aryl methyl sites for hydroxylation is 2. The van der Waals surface area contributed by atoms with Crippen molar-refractivity contribution in [1.29, 1.82) is 0 Å². The average Bonchev–Trinajstić information content (AvgIpc) is 2.08. The van der Waals surface area contributed by atoms with Crippen LogP contribution in [-0.4, -0.2) is 4.98 Å². The molecule has 0 saturated carbocycles. The molecule has 0 atom stereocenters. The third kappa shape index (κ3) is 2.65. The highest BCUT2D eigenvalue weighted by Gasteiger charge is 1.97. The Balaban J connectivity index is 0.000000561. The summed E-state index contributed by atoms with van der Waals surface area (Å²) in [4.78, 5) is 4.21. The Hall–Kier alpha value is -0.850. The standard InChI is InChI=1S/C9H13N.C2H6/c1-4-9-7(2)5-6-10-8(9)3;1-2/h5-6H,4H2,1-3H3;1-2H3. The highest BCUT2D eigenvalue weighted by atomic mass is 14.7. The maximum Gasteiger partial charge on any atom is 0.0407 e. The number of aromatic nitrogens is 1. The quantitative estimate of drug-likeness (QED) is 0.622. The summed E-state index contributed by atoms with van der Waals surface area (Å²) in [6, 6.07) is 2.06. The molecule has 1 aromatic heterocycles. The predicted molar refractivity (Wildman–Crippen MR) is 54.4 cm³/mol. The van der Waals surface area contributed by atoms with Gasteiger partial charge in [0, 0.05) is 11.9 Å². The van der Waals surface area contributed by atoms with Crippen molar-refractivity contribution in [3.8, 4) is 0 Å². The van der Waals surface area contributed by atoms with Crippen molar-refractivity contribution in [1.82, 2.24) is 4.98 Å². The average molecular weight is 165 g/mol. The topological polar surface area (TPSA) is 12.9 Å².